The zero-order chi connectivity index (χ0) is 18.4. The highest BCUT2D eigenvalue weighted by Crippen LogP contribution is 2.46. The Labute approximate surface area is 151 Å². The molecule has 0 saturated heterocycles. The van der Waals surface area contributed by atoms with E-state index in [1.54, 1.807) is 0 Å². The Hall–Kier alpha value is -0.200. The second-order valence-corrected chi connectivity index (χ2v) is 8.58. The van der Waals surface area contributed by atoms with Gasteiger partial charge in [-0.25, -0.2) is 4.67 Å². The van der Waals surface area contributed by atoms with Gasteiger partial charge in [-0.15, -0.1) is 0 Å². The Morgan fingerprint density at radius 1 is 0.917 bits per heavy atom. The third-order valence-corrected chi connectivity index (χ3v) is 6.09. The molecule has 2 atom stereocenters. The van der Waals surface area contributed by atoms with E-state index in [1.165, 1.54) is 32.1 Å². The predicted molar refractivity (Wildman–Crippen MR) is 104 cm³/mol. The number of nitrogens with zero attached hydrogens (tertiary/aromatic N) is 2. The Bertz CT molecular complexity index is 324. The van der Waals surface area contributed by atoms with Crippen LogP contribution < -0.4 is 0 Å². The maximum absolute atomic E-state index is 8.72. The first-order valence-corrected chi connectivity index (χ1v) is 10.8. The lowest BCUT2D eigenvalue weighted by Crippen LogP contribution is -2.33. The van der Waals surface area contributed by atoms with Gasteiger partial charge in [0.05, 0.1) is 25.7 Å². The van der Waals surface area contributed by atoms with E-state index in [4.69, 9.17) is 14.3 Å². The van der Waals surface area contributed by atoms with Crippen LogP contribution in [0.1, 0.15) is 86.5 Å². The number of hydrogen-bond donors (Lipinski definition) is 0. The Morgan fingerprint density at radius 2 is 1.54 bits per heavy atom. The van der Waals surface area contributed by atoms with Crippen LogP contribution in [0.25, 0.3) is 0 Å². The summed E-state index contributed by atoms with van der Waals surface area (Å²) in [6.45, 7) is 14.5. The standard InChI is InChI=1S/C19H39N2O2P/c1-7-12-19(6)13-9-8-10-15-22-24(23-16-11-14-20)21(17(2)3)18(4)5/h17-19H,7-13,15-16H2,1-6H3. The van der Waals surface area contributed by atoms with Gasteiger partial charge < -0.3 is 9.05 Å². The third kappa shape index (κ3) is 11.4. The minimum absolute atomic E-state index is 0.369. The summed E-state index contributed by atoms with van der Waals surface area (Å²) < 4.78 is 14.3. The van der Waals surface area contributed by atoms with Crippen molar-refractivity contribution >= 4 is 8.53 Å². The van der Waals surface area contributed by atoms with Gasteiger partial charge in [-0.3, -0.25) is 0 Å². The Morgan fingerprint density at radius 3 is 2.08 bits per heavy atom. The maximum Gasteiger partial charge on any atom is 0.259 e. The highest BCUT2D eigenvalue weighted by Gasteiger charge is 2.26. The molecule has 0 fully saturated rings. The summed E-state index contributed by atoms with van der Waals surface area (Å²) in [5.41, 5.74) is 0. The van der Waals surface area contributed by atoms with Crippen LogP contribution in [0.5, 0.6) is 0 Å². The summed E-state index contributed by atoms with van der Waals surface area (Å²) in [6, 6.07) is 2.87. The average molecular weight is 359 g/mol. The van der Waals surface area contributed by atoms with Crippen molar-refractivity contribution in [3.63, 3.8) is 0 Å². The van der Waals surface area contributed by atoms with Gasteiger partial charge in [-0.1, -0.05) is 46.0 Å². The summed E-state index contributed by atoms with van der Waals surface area (Å²) >= 11 is 0. The van der Waals surface area contributed by atoms with Crippen LogP contribution in [0.4, 0.5) is 0 Å². The lowest BCUT2D eigenvalue weighted by atomic mass is 9.99. The zero-order valence-electron chi connectivity index (χ0n) is 16.8. The van der Waals surface area contributed by atoms with Crippen molar-refractivity contribution in [1.82, 2.24) is 4.67 Å². The average Bonchev–Trinajstić information content (AvgIpc) is 2.50. The molecular weight excluding hydrogens is 319 g/mol. The molecule has 0 rings (SSSR count). The van der Waals surface area contributed by atoms with Crippen molar-refractivity contribution in [2.45, 2.75) is 98.6 Å². The first-order chi connectivity index (χ1) is 11.4. The molecule has 0 aromatic heterocycles. The summed E-state index contributed by atoms with van der Waals surface area (Å²) in [4.78, 5) is 0. The van der Waals surface area contributed by atoms with Gasteiger partial charge in [-0.2, -0.15) is 5.26 Å². The predicted octanol–water partition coefficient (Wildman–Crippen LogP) is 6.28. The smallest absolute Gasteiger partial charge is 0.259 e. The summed E-state index contributed by atoms with van der Waals surface area (Å²) in [5.74, 6) is 0.847. The molecular formula is C19H39N2O2P. The van der Waals surface area contributed by atoms with Crippen molar-refractivity contribution in [2.75, 3.05) is 13.2 Å². The van der Waals surface area contributed by atoms with E-state index in [0.29, 0.717) is 25.1 Å². The molecule has 5 heteroatoms. The van der Waals surface area contributed by atoms with Crippen LogP contribution in [-0.2, 0) is 9.05 Å². The molecule has 0 aliphatic rings. The van der Waals surface area contributed by atoms with E-state index < -0.39 is 8.53 Å². The van der Waals surface area contributed by atoms with Crippen molar-refractivity contribution in [3.05, 3.63) is 0 Å². The minimum Gasteiger partial charge on any atom is -0.322 e. The molecule has 0 amide bonds. The SMILES string of the molecule is CCCC(C)CCCCCOP(OCCC#N)N(C(C)C)C(C)C. The van der Waals surface area contributed by atoms with Crippen LogP contribution in [-0.4, -0.2) is 30.0 Å². The van der Waals surface area contributed by atoms with Gasteiger partial charge in [0.15, 0.2) is 0 Å². The molecule has 0 saturated carbocycles. The fourth-order valence-electron chi connectivity index (χ4n) is 2.86. The Kier molecular flexibility index (Phi) is 15.0. The normalized spacial score (nSPS) is 14.3. The van der Waals surface area contributed by atoms with Gasteiger partial charge in [0.25, 0.3) is 8.53 Å². The number of unbranched alkanes of at least 4 members (excludes halogenated alkanes) is 2. The molecule has 0 aliphatic heterocycles. The van der Waals surface area contributed by atoms with Gasteiger partial charge in [-0.05, 0) is 40.0 Å². The van der Waals surface area contributed by atoms with E-state index >= 15 is 0 Å². The number of nitriles is 1. The molecule has 0 aromatic rings. The lowest BCUT2D eigenvalue weighted by molar-refractivity contribution is 0.174. The summed E-state index contributed by atoms with van der Waals surface area (Å²) in [6.07, 6.45) is 7.96. The van der Waals surface area contributed by atoms with Gasteiger partial charge in [0, 0.05) is 12.1 Å². The van der Waals surface area contributed by atoms with E-state index in [9.17, 15) is 0 Å². The summed E-state index contributed by atoms with van der Waals surface area (Å²) in [7, 11) is -1.07. The first-order valence-electron chi connectivity index (χ1n) is 9.65. The van der Waals surface area contributed by atoms with Crippen molar-refractivity contribution in [1.29, 1.82) is 5.26 Å². The largest absolute Gasteiger partial charge is 0.322 e. The molecule has 0 aliphatic carbocycles. The molecule has 2 unspecified atom stereocenters. The zero-order valence-corrected chi connectivity index (χ0v) is 17.6. The monoisotopic (exact) mass is 358 g/mol. The van der Waals surface area contributed by atoms with Crippen molar-refractivity contribution < 1.29 is 9.05 Å². The summed E-state index contributed by atoms with van der Waals surface area (Å²) in [5, 5.41) is 8.72. The molecule has 0 bridgehead atoms. The fraction of sp³-hybridized carbons (Fsp3) is 0.947. The number of rotatable bonds is 15. The van der Waals surface area contributed by atoms with Crippen LogP contribution in [0.3, 0.4) is 0 Å². The molecule has 0 spiro atoms. The van der Waals surface area contributed by atoms with Crippen LogP contribution >= 0.6 is 8.53 Å². The molecule has 0 N–H and O–H groups in total. The van der Waals surface area contributed by atoms with Crippen LogP contribution in [0, 0.1) is 17.2 Å². The molecule has 142 valence electrons. The topological polar surface area (TPSA) is 45.5 Å². The first kappa shape index (κ1) is 23.8. The second-order valence-electron chi connectivity index (χ2n) is 7.12. The third-order valence-electron chi connectivity index (χ3n) is 3.99. The van der Waals surface area contributed by atoms with E-state index in [0.717, 1.165) is 18.9 Å². The lowest BCUT2D eigenvalue weighted by Gasteiger charge is -2.35. The van der Waals surface area contributed by atoms with Gasteiger partial charge in [0.2, 0.25) is 0 Å². The number of hydrogen-bond acceptors (Lipinski definition) is 4. The fourth-order valence-corrected chi connectivity index (χ4v) is 4.49. The quantitative estimate of drug-likeness (QED) is 0.255. The van der Waals surface area contributed by atoms with E-state index in [2.05, 4.69) is 52.3 Å². The van der Waals surface area contributed by atoms with E-state index in [-0.39, 0.29) is 0 Å². The van der Waals surface area contributed by atoms with Crippen molar-refractivity contribution in [2.24, 2.45) is 5.92 Å². The molecule has 0 heterocycles. The maximum atomic E-state index is 8.72. The van der Waals surface area contributed by atoms with Crippen LogP contribution in [0.2, 0.25) is 0 Å². The molecule has 24 heavy (non-hydrogen) atoms. The second kappa shape index (κ2) is 15.1. The van der Waals surface area contributed by atoms with Crippen molar-refractivity contribution in [3.8, 4) is 6.07 Å². The highest BCUT2D eigenvalue weighted by molar-refractivity contribution is 7.44. The molecule has 0 radical (unpaired) electrons. The minimum atomic E-state index is -1.07. The van der Waals surface area contributed by atoms with Gasteiger partial charge >= 0.3 is 0 Å². The highest BCUT2D eigenvalue weighted by atomic mass is 31.2. The van der Waals surface area contributed by atoms with E-state index in [1.807, 2.05) is 0 Å². The Balaban J connectivity index is 4.19. The van der Waals surface area contributed by atoms with Crippen LogP contribution in [0.15, 0.2) is 0 Å². The van der Waals surface area contributed by atoms with Gasteiger partial charge in [0.1, 0.15) is 0 Å². The molecule has 4 nitrogen and oxygen atoms in total. The molecule has 0 aromatic carbocycles.